The summed E-state index contributed by atoms with van der Waals surface area (Å²) in [5.74, 6) is -1.42. The fourth-order valence-electron chi connectivity index (χ4n) is 5.43. The normalized spacial score (nSPS) is 13.7. The molecule has 1 aromatic carbocycles. The lowest BCUT2D eigenvalue weighted by Crippen LogP contribution is -2.50. The molecule has 49 heavy (non-hydrogen) atoms. The molecule has 0 atom stereocenters. The Labute approximate surface area is 283 Å². The molecule has 0 saturated carbocycles. The highest BCUT2D eigenvalue weighted by Crippen LogP contribution is 2.34. The molecule has 4 heterocycles. The molecule has 0 radical (unpaired) electrons. The summed E-state index contributed by atoms with van der Waals surface area (Å²) in [6.07, 6.45) is 1.26. The number of pyridine rings is 1. The minimum absolute atomic E-state index is 0.0221. The van der Waals surface area contributed by atoms with Gasteiger partial charge in [0.1, 0.15) is 18.6 Å². The zero-order chi connectivity index (χ0) is 35.5. The summed E-state index contributed by atoms with van der Waals surface area (Å²) >= 11 is 6.09. The fourth-order valence-corrected chi connectivity index (χ4v) is 5.65. The lowest BCUT2D eigenvalue weighted by Gasteiger charge is -2.37. The predicted molar refractivity (Wildman–Crippen MR) is 175 cm³/mol. The van der Waals surface area contributed by atoms with Gasteiger partial charge in [-0.2, -0.15) is 13.2 Å². The highest BCUT2D eigenvalue weighted by molar-refractivity contribution is 6.33. The minimum Gasteiger partial charge on any atom is -0.504 e. The van der Waals surface area contributed by atoms with Gasteiger partial charge in [-0.1, -0.05) is 18.5 Å². The van der Waals surface area contributed by atoms with Crippen LogP contribution in [0.4, 0.5) is 24.5 Å². The van der Waals surface area contributed by atoms with Crippen LogP contribution in [0, 0.1) is 6.92 Å². The van der Waals surface area contributed by atoms with Crippen molar-refractivity contribution in [3.05, 3.63) is 80.6 Å². The number of benzene rings is 1. The van der Waals surface area contributed by atoms with Gasteiger partial charge in [0.15, 0.2) is 22.6 Å². The third-order valence-corrected chi connectivity index (χ3v) is 8.17. The van der Waals surface area contributed by atoms with E-state index in [2.05, 4.69) is 25.3 Å². The molecule has 5 rings (SSSR count). The number of aromatic nitrogens is 5. The lowest BCUT2D eigenvalue weighted by molar-refractivity contribution is -0.137. The van der Waals surface area contributed by atoms with Gasteiger partial charge in [-0.3, -0.25) is 14.4 Å². The molecule has 0 bridgehead atoms. The van der Waals surface area contributed by atoms with E-state index in [1.54, 1.807) is 36.3 Å². The van der Waals surface area contributed by atoms with Gasteiger partial charge in [0.2, 0.25) is 11.3 Å². The number of carbonyl (C=O) groups is 2. The number of rotatable bonds is 9. The van der Waals surface area contributed by atoms with Gasteiger partial charge < -0.3 is 29.5 Å². The zero-order valence-corrected chi connectivity index (χ0v) is 27.5. The molecule has 2 amide bonds. The first-order valence-electron chi connectivity index (χ1n) is 15.3. The van der Waals surface area contributed by atoms with Crippen LogP contribution in [0.15, 0.2) is 41.8 Å². The maximum absolute atomic E-state index is 14.1. The Morgan fingerprint density at radius 1 is 1.12 bits per heavy atom. The monoisotopic (exact) mass is 700 g/mol. The lowest BCUT2D eigenvalue weighted by atomic mass is 10.1. The number of anilines is 2. The summed E-state index contributed by atoms with van der Waals surface area (Å²) in [6, 6.07) is 2.60. The average molecular weight is 701 g/mol. The molecule has 4 aromatic rings. The number of amides is 2. The summed E-state index contributed by atoms with van der Waals surface area (Å²) in [7, 11) is 0. The van der Waals surface area contributed by atoms with Crippen molar-refractivity contribution in [3.8, 4) is 5.75 Å². The van der Waals surface area contributed by atoms with Gasteiger partial charge in [0, 0.05) is 31.9 Å². The number of carbonyl (C=O) groups excluding carboxylic acids is 2. The molecule has 258 valence electrons. The Bertz CT molecular complexity index is 1990. The van der Waals surface area contributed by atoms with E-state index < -0.39 is 29.0 Å². The van der Waals surface area contributed by atoms with Crippen LogP contribution in [-0.4, -0.2) is 79.1 Å². The van der Waals surface area contributed by atoms with Crippen molar-refractivity contribution in [1.82, 2.24) is 29.4 Å². The molecule has 0 unspecified atom stereocenters. The number of alkyl halides is 3. The zero-order valence-electron chi connectivity index (χ0n) is 26.7. The quantitative estimate of drug-likeness (QED) is 0.240. The second-order valence-corrected chi connectivity index (χ2v) is 11.4. The highest BCUT2D eigenvalue weighted by atomic mass is 35.5. The van der Waals surface area contributed by atoms with Gasteiger partial charge in [-0.05, 0) is 44.5 Å². The number of nitrogens with one attached hydrogen (secondary N) is 1. The standard InChI is InChI=1S/C32H32ClF3N8O5/c1-4-23-27(42-9-11-43(12-10-42)31(48)26-28(46)18(3)38-17-39-26)29(47)25-30(37-15-20(40-25)8-13-49-5-2)44(23)16-24(45)41-22-7-6-19(14-21(22)33)32(34,35)36/h6-8,13-15,17,46H,4-5,9-12,16H2,1-3H3,(H,41,45)/b13-8+. The maximum atomic E-state index is 14.1. The van der Waals surface area contributed by atoms with E-state index in [-0.39, 0.29) is 83.8 Å². The molecular weight excluding hydrogens is 669 g/mol. The van der Waals surface area contributed by atoms with Gasteiger partial charge >= 0.3 is 6.18 Å². The first-order valence-corrected chi connectivity index (χ1v) is 15.6. The van der Waals surface area contributed by atoms with Gasteiger partial charge in [0.05, 0.1) is 46.7 Å². The van der Waals surface area contributed by atoms with E-state index in [1.165, 1.54) is 23.7 Å². The number of nitrogens with zero attached hydrogens (tertiary/aromatic N) is 7. The van der Waals surface area contributed by atoms with Crippen LogP contribution in [-0.2, 0) is 28.7 Å². The number of piperazine rings is 1. The van der Waals surface area contributed by atoms with Crippen molar-refractivity contribution in [3.63, 3.8) is 0 Å². The number of fused-ring (bicyclic) bond motifs is 1. The number of hydrogen-bond acceptors (Lipinski definition) is 10. The molecule has 17 heteroatoms. The van der Waals surface area contributed by atoms with Crippen LogP contribution < -0.4 is 15.6 Å². The summed E-state index contributed by atoms with van der Waals surface area (Å²) in [4.78, 5) is 60.9. The fraction of sp³-hybridized carbons (Fsp3) is 0.344. The van der Waals surface area contributed by atoms with Gasteiger partial charge in [-0.15, -0.1) is 0 Å². The Kier molecular flexibility index (Phi) is 10.4. The van der Waals surface area contributed by atoms with Crippen molar-refractivity contribution in [2.75, 3.05) is 43.0 Å². The van der Waals surface area contributed by atoms with Crippen LogP contribution in [0.25, 0.3) is 17.2 Å². The molecule has 3 aromatic heterocycles. The van der Waals surface area contributed by atoms with Crippen LogP contribution >= 0.6 is 11.6 Å². The second kappa shape index (κ2) is 14.5. The van der Waals surface area contributed by atoms with E-state index in [0.717, 1.165) is 18.2 Å². The summed E-state index contributed by atoms with van der Waals surface area (Å²) in [5.41, 5.74) is -0.118. The number of halogens is 4. The average Bonchev–Trinajstić information content (AvgIpc) is 3.07. The predicted octanol–water partition coefficient (Wildman–Crippen LogP) is 4.44. The molecule has 13 nitrogen and oxygen atoms in total. The first kappa shape index (κ1) is 35.1. The Morgan fingerprint density at radius 2 is 1.86 bits per heavy atom. The molecular formula is C32H32ClF3N8O5. The first-order chi connectivity index (χ1) is 23.3. The van der Waals surface area contributed by atoms with Crippen molar-refractivity contribution < 1.29 is 32.6 Å². The maximum Gasteiger partial charge on any atom is 0.416 e. The van der Waals surface area contributed by atoms with Crippen LogP contribution in [0.2, 0.25) is 5.02 Å². The van der Waals surface area contributed by atoms with Crippen molar-refractivity contribution in [1.29, 1.82) is 0 Å². The number of ether oxygens (including phenoxy) is 1. The highest BCUT2D eigenvalue weighted by Gasteiger charge is 2.32. The van der Waals surface area contributed by atoms with Crippen LogP contribution in [0.5, 0.6) is 5.75 Å². The third kappa shape index (κ3) is 7.43. The molecule has 1 fully saturated rings. The second-order valence-electron chi connectivity index (χ2n) is 11.0. The van der Waals surface area contributed by atoms with E-state index in [1.807, 2.05) is 0 Å². The SMILES string of the molecule is CCO/C=C/c1cnc2c(n1)c(=O)c(N1CCN(C(=O)c3ncnc(C)c3O)CC1)c(CC)n2CC(=O)Nc1ccc(C(F)(F)F)cc1Cl. The molecule has 0 spiro atoms. The Balaban J connectivity index is 1.50. The molecule has 1 aliphatic heterocycles. The van der Waals surface area contributed by atoms with E-state index >= 15 is 0 Å². The molecule has 1 aliphatic rings. The largest absolute Gasteiger partial charge is 0.504 e. The van der Waals surface area contributed by atoms with Crippen molar-refractivity contribution in [2.24, 2.45) is 0 Å². The van der Waals surface area contributed by atoms with Crippen LogP contribution in [0.3, 0.4) is 0 Å². The van der Waals surface area contributed by atoms with Crippen molar-refractivity contribution in [2.45, 2.75) is 39.9 Å². The van der Waals surface area contributed by atoms with Crippen molar-refractivity contribution >= 4 is 52.0 Å². The Hall–Kier alpha value is -5.25. The van der Waals surface area contributed by atoms with Crippen LogP contribution in [0.1, 0.15) is 47.0 Å². The smallest absolute Gasteiger partial charge is 0.416 e. The summed E-state index contributed by atoms with van der Waals surface area (Å²) in [5, 5.41) is 12.6. The number of aromatic hydroxyl groups is 1. The summed E-state index contributed by atoms with van der Waals surface area (Å²) in [6.45, 7) is 6.05. The topological polar surface area (TPSA) is 156 Å². The van der Waals surface area contributed by atoms with E-state index in [4.69, 9.17) is 16.3 Å². The van der Waals surface area contributed by atoms with E-state index in [9.17, 15) is 32.7 Å². The minimum atomic E-state index is -4.61. The van der Waals surface area contributed by atoms with E-state index in [0.29, 0.717) is 18.0 Å². The third-order valence-electron chi connectivity index (χ3n) is 7.86. The molecule has 0 aliphatic carbocycles. The van der Waals surface area contributed by atoms with Gasteiger partial charge in [0.25, 0.3) is 5.91 Å². The summed E-state index contributed by atoms with van der Waals surface area (Å²) < 4.78 is 46.3. The number of aryl methyl sites for hydroxylation is 1. The number of hydrogen-bond donors (Lipinski definition) is 2. The van der Waals surface area contributed by atoms with Gasteiger partial charge in [-0.25, -0.2) is 19.9 Å². The Morgan fingerprint density at radius 3 is 2.51 bits per heavy atom. The molecule has 1 saturated heterocycles. The molecule has 2 N–H and O–H groups in total.